The number of nitrogens with zero attached hydrogens (tertiary/aromatic N) is 3. The summed E-state index contributed by atoms with van der Waals surface area (Å²) >= 11 is 0. The molecule has 8 nitrogen and oxygen atoms in total. The topological polar surface area (TPSA) is 90.4 Å². The van der Waals surface area contributed by atoms with Crippen LogP contribution in [0.3, 0.4) is 0 Å². The van der Waals surface area contributed by atoms with Crippen molar-refractivity contribution < 1.29 is 24.2 Å². The standard InChI is InChI=1S/C34H49N3O5/c1-6-15-25(5)36(21-8-3)32(41)29-34-19-18-33(9-4,42-34)27(28(34)31(40)37(29)22-13-14-23-38)30(39)35(20-7-2)24-26-16-11-10-12-17-26/h7-8,10-12,16-17,25,27-29,38H,2-3,6,9,13-15,18-24H2,1,4-5H3/t25?,27-,28-,29?,33+,34?/m0/s1. The monoisotopic (exact) mass is 579 g/mol. The zero-order valence-corrected chi connectivity index (χ0v) is 25.7. The van der Waals surface area contributed by atoms with Gasteiger partial charge in [0.25, 0.3) is 0 Å². The van der Waals surface area contributed by atoms with E-state index in [1.807, 2.05) is 49.1 Å². The van der Waals surface area contributed by atoms with E-state index in [9.17, 15) is 19.5 Å². The molecule has 42 heavy (non-hydrogen) atoms. The average Bonchev–Trinajstić information content (AvgIpc) is 3.59. The van der Waals surface area contributed by atoms with Gasteiger partial charge in [0.05, 0.1) is 17.4 Å². The maximum atomic E-state index is 14.6. The minimum Gasteiger partial charge on any atom is -0.396 e. The summed E-state index contributed by atoms with van der Waals surface area (Å²) < 4.78 is 6.98. The average molecular weight is 580 g/mol. The molecule has 0 radical (unpaired) electrons. The largest absolute Gasteiger partial charge is 0.396 e. The minimum atomic E-state index is -1.07. The van der Waals surface area contributed by atoms with Gasteiger partial charge in [-0.05, 0) is 51.0 Å². The molecule has 1 N–H and O–H groups in total. The van der Waals surface area contributed by atoms with Crippen LogP contribution in [0.4, 0.5) is 0 Å². The number of benzene rings is 1. The van der Waals surface area contributed by atoms with Crippen LogP contribution >= 0.6 is 0 Å². The molecule has 3 amide bonds. The number of carbonyl (C=O) groups excluding carboxylic acids is 3. The van der Waals surface area contributed by atoms with Crippen molar-refractivity contribution in [3.05, 3.63) is 61.2 Å². The number of aliphatic hydroxyl groups excluding tert-OH is 1. The summed E-state index contributed by atoms with van der Waals surface area (Å²) in [5, 5.41) is 9.48. The van der Waals surface area contributed by atoms with Crippen molar-refractivity contribution in [3.8, 4) is 0 Å². The van der Waals surface area contributed by atoms with Crippen molar-refractivity contribution >= 4 is 17.7 Å². The smallest absolute Gasteiger partial charge is 0.248 e. The predicted molar refractivity (Wildman–Crippen MR) is 163 cm³/mol. The Balaban J connectivity index is 1.77. The van der Waals surface area contributed by atoms with E-state index >= 15 is 0 Å². The molecule has 3 saturated heterocycles. The Kier molecular flexibility index (Phi) is 10.3. The molecule has 3 fully saturated rings. The molecular formula is C34H49N3O5. The van der Waals surface area contributed by atoms with Crippen LogP contribution in [-0.4, -0.2) is 87.1 Å². The number of aliphatic hydroxyl groups is 1. The van der Waals surface area contributed by atoms with Crippen molar-refractivity contribution in [2.24, 2.45) is 11.8 Å². The second-order valence-electron chi connectivity index (χ2n) is 12.2. The van der Waals surface area contributed by atoms with Crippen LogP contribution < -0.4 is 0 Å². The molecule has 3 aliphatic rings. The molecule has 0 aliphatic carbocycles. The quantitative estimate of drug-likeness (QED) is 0.233. The SMILES string of the molecule is C=CCN(Cc1ccccc1)C(=O)[C@@H]1[C@H]2C(=O)N(CCCCO)C(C(=O)N(CC=C)C(C)CCC)C23CC[C@@]1(CC)O3. The zero-order valence-electron chi connectivity index (χ0n) is 25.7. The molecule has 4 rings (SSSR count). The van der Waals surface area contributed by atoms with Gasteiger partial charge in [-0.15, -0.1) is 13.2 Å². The summed E-state index contributed by atoms with van der Waals surface area (Å²) in [5.74, 6) is -1.86. The van der Waals surface area contributed by atoms with E-state index in [2.05, 4.69) is 20.1 Å². The Morgan fingerprint density at radius 2 is 1.83 bits per heavy atom. The van der Waals surface area contributed by atoms with Gasteiger partial charge in [-0.3, -0.25) is 14.4 Å². The number of unbranched alkanes of at least 4 members (excludes halogenated alkanes) is 1. The Labute approximate surface area is 251 Å². The first-order chi connectivity index (χ1) is 20.2. The molecule has 230 valence electrons. The molecule has 3 unspecified atom stereocenters. The van der Waals surface area contributed by atoms with Crippen LogP contribution in [-0.2, 0) is 25.7 Å². The molecule has 0 saturated carbocycles. The van der Waals surface area contributed by atoms with Gasteiger partial charge < -0.3 is 24.5 Å². The van der Waals surface area contributed by atoms with Crippen LogP contribution in [0.15, 0.2) is 55.6 Å². The maximum absolute atomic E-state index is 14.6. The second-order valence-corrected chi connectivity index (χ2v) is 12.2. The number of carbonyl (C=O) groups is 3. The molecule has 0 aromatic heterocycles. The minimum absolute atomic E-state index is 0.0118. The summed E-state index contributed by atoms with van der Waals surface area (Å²) in [6.45, 7) is 15.4. The Hall–Kier alpha value is -2.97. The van der Waals surface area contributed by atoms with Gasteiger partial charge in [0, 0.05) is 38.8 Å². The van der Waals surface area contributed by atoms with E-state index in [0.29, 0.717) is 58.3 Å². The third-order valence-corrected chi connectivity index (χ3v) is 9.71. The van der Waals surface area contributed by atoms with Gasteiger partial charge in [-0.1, -0.05) is 62.8 Å². The van der Waals surface area contributed by atoms with E-state index in [4.69, 9.17) is 4.74 Å². The summed E-state index contributed by atoms with van der Waals surface area (Å²) in [7, 11) is 0. The highest BCUT2D eigenvalue weighted by Gasteiger charge is 2.79. The zero-order chi connectivity index (χ0) is 30.5. The van der Waals surface area contributed by atoms with E-state index in [1.54, 1.807) is 22.0 Å². The van der Waals surface area contributed by atoms with Crippen LogP contribution in [0.5, 0.6) is 0 Å². The van der Waals surface area contributed by atoms with Crippen molar-refractivity contribution in [2.75, 3.05) is 26.2 Å². The molecule has 1 aromatic rings. The number of rotatable bonds is 16. The van der Waals surface area contributed by atoms with Crippen molar-refractivity contribution in [1.82, 2.24) is 14.7 Å². The highest BCUT2D eigenvalue weighted by atomic mass is 16.5. The van der Waals surface area contributed by atoms with Crippen molar-refractivity contribution in [1.29, 1.82) is 0 Å². The van der Waals surface area contributed by atoms with E-state index in [1.165, 1.54) is 0 Å². The van der Waals surface area contributed by atoms with Crippen LogP contribution in [0, 0.1) is 11.8 Å². The van der Waals surface area contributed by atoms with Crippen LogP contribution in [0.25, 0.3) is 0 Å². The summed E-state index contributed by atoms with van der Waals surface area (Å²) in [4.78, 5) is 48.8. The molecular weight excluding hydrogens is 530 g/mol. The number of amides is 3. The Morgan fingerprint density at radius 3 is 2.45 bits per heavy atom. The fourth-order valence-electron chi connectivity index (χ4n) is 7.75. The van der Waals surface area contributed by atoms with Crippen molar-refractivity contribution in [2.45, 2.75) is 95.5 Å². The summed E-state index contributed by atoms with van der Waals surface area (Å²) in [6.07, 6.45) is 8.05. The number of fused-ring (bicyclic) bond motifs is 1. The lowest BCUT2D eigenvalue weighted by Crippen LogP contribution is -2.58. The van der Waals surface area contributed by atoms with Gasteiger partial charge in [-0.2, -0.15) is 0 Å². The van der Waals surface area contributed by atoms with E-state index < -0.39 is 29.1 Å². The van der Waals surface area contributed by atoms with Gasteiger partial charge in [0.15, 0.2) is 0 Å². The number of hydrogen-bond donors (Lipinski definition) is 1. The number of ether oxygens (including phenoxy) is 1. The lowest BCUT2D eigenvalue weighted by molar-refractivity contribution is -0.156. The van der Waals surface area contributed by atoms with Gasteiger partial charge in [0.2, 0.25) is 17.7 Å². The normalized spacial score (nSPS) is 28.4. The fraction of sp³-hybridized carbons (Fsp3) is 0.618. The molecule has 8 heteroatoms. The van der Waals surface area contributed by atoms with Crippen LogP contribution in [0.2, 0.25) is 0 Å². The molecule has 1 spiro atoms. The first kappa shape index (κ1) is 32.0. The predicted octanol–water partition coefficient (Wildman–Crippen LogP) is 4.33. The Morgan fingerprint density at radius 1 is 1.12 bits per heavy atom. The molecule has 6 atom stereocenters. The van der Waals surface area contributed by atoms with Gasteiger partial charge in [-0.25, -0.2) is 0 Å². The third kappa shape index (κ3) is 5.55. The molecule has 2 bridgehead atoms. The highest BCUT2D eigenvalue weighted by Crippen LogP contribution is 2.64. The number of hydrogen-bond acceptors (Lipinski definition) is 5. The lowest BCUT2D eigenvalue weighted by Gasteiger charge is -2.39. The van der Waals surface area contributed by atoms with Crippen LogP contribution in [0.1, 0.15) is 71.3 Å². The van der Waals surface area contributed by atoms with E-state index in [-0.39, 0.29) is 30.4 Å². The van der Waals surface area contributed by atoms with E-state index in [0.717, 1.165) is 18.4 Å². The summed E-state index contributed by atoms with van der Waals surface area (Å²) in [6, 6.07) is 8.97. The molecule has 1 aromatic carbocycles. The maximum Gasteiger partial charge on any atom is 0.248 e. The fourth-order valence-corrected chi connectivity index (χ4v) is 7.75. The first-order valence-electron chi connectivity index (χ1n) is 15.7. The van der Waals surface area contributed by atoms with Gasteiger partial charge >= 0.3 is 0 Å². The van der Waals surface area contributed by atoms with Crippen molar-refractivity contribution in [3.63, 3.8) is 0 Å². The highest BCUT2D eigenvalue weighted by molar-refractivity contribution is 5.99. The summed E-state index contributed by atoms with van der Waals surface area (Å²) in [5.41, 5.74) is -0.873. The Bertz CT molecular complexity index is 1140. The molecule has 3 heterocycles. The second kappa shape index (κ2) is 13.6. The third-order valence-electron chi connectivity index (χ3n) is 9.71. The van der Waals surface area contributed by atoms with Gasteiger partial charge in [0.1, 0.15) is 11.6 Å². The first-order valence-corrected chi connectivity index (χ1v) is 15.7. The molecule has 3 aliphatic heterocycles. The lowest BCUT2D eigenvalue weighted by atomic mass is 9.64. The number of likely N-dealkylation sites (tertiary alicyclic amines) is 1.